The number of carbonyl (C=O) groups is 2. The van der Waals surface area contributed by atoms with Gasteiger partial charge in [0.1, 0.15) is 11.4 Å². The number of rotatable bonds is 6. The summed E-state index contributed by atoms with van der Waals surface area (Å²) in [6, 6.07) is 4.90. The van der Waals surface area contributed by atoms with E-state index in [4.69, 9.17) is 27.9 Å². The molecule has 25 heavy (non-hydrogen) atoms. The van der Waals surface area contributed by atoms with Crippen molar-refractivity contribution in [1.82, 2.24) is 20.8 Å². The van der Waals surface area contributed by atoms with Crippen molar-refractivity contribution in [3.63, 3.8) is 0 Å². The number of hydrazine groups is 1. The average Bonchev–Trinajstić information content (AvgIpc) is 2.58. The lowest BCUT2D eigenvalue weighted by molar-refractivity contribution is -0.122. The van der Waals surface area contributed by atoms with Crippen LogP contribution in [0.25, 0.3) is 0 Å². The number of aromatic nitrogens is 2. The molecular formula is C16H16Cl2N4O3. The Labute approximate surface area is 154 Å². The van der Waals surface area contributed by atoms with Crippen molar-refractivity contribution >= 4 is 35.0 Å². The van der Waals surface area contributed by atoms with Crippen LogP contribution in [-0.4, -0.2) is 28.4 Å². The van der Waals surface area contributed by atoms with Crippen LogP contribution in [0.1, 0.15) is 29.0 Å². The highest BCUT2D eigenvalue weighted by Gasteiger charge is 2.09. The molecule has 0 aliphatic heterocycles. The van der Waals surface area contributed by atoms with Gasteiger partial charge in [0.25, 0.3) is 5.91 Å². The Morgan fingerprint density at radius 1 is 1.16 bits per heavy atom. The van der Waals surface area contributed by atoms with Gasteiger partial charge in [0.05, 0.1) is 23.5 Å². The van der Waals surface area contributed by atoms with E-state index in [2.05, 4.69) is 20.8 Å². The maximum absolute atomic E-state index is 11.8. The number of hydrogen-bond donors (Lipinski definition) is 2. The lowest BCUT2D eigenvalue weighted by atomic mass is 10.3. The van der Waals surface area contributed by atoms with Gasteiger partial charge in [-0.05, 0) is 31.5 Å². The fourth-order valence-corrected chi connectivity index (χ4v) is 2.23. The maximum atomic E-state index is 11.8. The molecule has 0 spiro atoms. The SMILES string of the molecule is Cc1cnc(C(=O)NNC(=O)CCCOc2ccc(Cl)cc2Cl)cn1. The molecule has 0 saturated heterocycles. The Hall–Kier alpha value is -2.38. The molecule has 1 aromatic heterocycles. The van der Waals surface area contributed by atoms with Crippen molar-refractivity contribution in [2.45, 2.75) is 19.8 Å². The Morgan fingerprint density at radius 3 is 2.64 bits per heavy atom. The molecule has 0 unspecified atom stereocenters. The summed E-state index contributed by atoms with van der Waals surface area (Å²) in [5, 5.41) is 0.925. The first-order valence-corrected chi connectivity index (χ1v) is 8.17. The smallest absolute Gasteiger partial charge is 0.289 e. The van der Waals surface area contributed by atoms with Crippen LogP contribution < -0.4 is 15.6 Å². The first-order chi connectivity index (χ1) is 12.0. The zero-order valence-electron chi connectivity index (χ0n) is 13.4. The third-order valence-corrected chi connectivity index (χ3v) is 3.56. The molecule has 9 heteroatoms. The molecule has 0 bridgehead atoms. The summed E-state index contributed by atoms with van der Waals surface area (Å²) in [6.07, 6.45) is 3.42. The third kappa shape index (κ3) is 6.21. The van der Waals surface area contributed by atoms with E-state index in [1.165, 1.54) is 12.4 Å². The van der Waals surface area contributed by atoms with Crippen LogP contribution in [-0.2, 0) is 4.79 Å². The van der Waals surface area contributed by atoms with Crippen LogP contribution in [0, 0.1) is 6.92 Å². The van der Waals surface area contributed by atoms with Crippen LogP contribution in [0.15, 0.2) is 30.6 Å². The molecule has 0 fully saturated rings. The van der Waals surface area contributed by atoms with E-state index >= 15 is 0 Å². The number of halogens is 2. The van der Waals surface area contributed by atoms with Crippen molar-refractivity contribution in [1.29, 1.82) is 0 Å². The lowest BCUT2D eigenvalue weighted by Gasteiger charge is -2.09. The molecule has 2 aromatic rings. The summed E-state index contributed by atoms with van der Waals surface area (Å²) in [6.45, 7) is 2.06. The Balaban J connectivity index is 1.67. The highest BCUT2D eigenvalue weighted by atomic mass is 35.5. The fraction of sp³-hybridized carbons (Fsp3) is 0.250. The Kier molecular flexibility index (Phi) is 6.97. The zero-order valence-corrected chi connectivity index (χ0v) is 14.9. The molecule has 2 amide bonds. The van der Waals surface area contributed by atoms with Gasteiger partial charge in [0, 0.05) is 17.6 Å². The highest BCUT2D eigenvalue weighted by molar-refractivity contribution is 6.35. The second-order valence-electron chi connectivity index (χ2n) is 5.07. The minimum absolute atomic E-state index is 0.117. The van der Waals surface area contributed by atoms with Crippen molar-refractivity contribution in [3.05, 3.63) is 52.0 Å². The van der Waals surface area contributed by atoms with Crippen molar-refractivity contribution in [3.8, 4) is 5.75 Å². The van der Waals surface area contributed by atoms with Gasteiger partial charge in [-0.3, -0.25) is 25.4 Å². The molecule has 7 nitrogen and oxygen atoms in total. The second kappa shape index (κ2) is 9.19. The summed E-state index contributed by atoms with van der Waals surface area (Å²) < 4.78 is 5.47. The number of nitrogens with zero attached hydrogens (tertiary/aromatic N) is 2. The third-order valence-electron chi connectivity index (χ3n) is 3.03. The highest BCUT2D eigenvalue weighted by Crippen LogP contribution is 2.27. The molecule has 0 aliphatic carbocycles. The number of aryl methyl sites for hydroxylation is 1. The van der Waals surface area contributed by atoms with Gasteiger partial charge in [-0.25, -0.2) is 4.98 Å². The topological polar surface area (TPSA) is 93.2 Å². The standard InChI is InChI=1S/C16H16Cl2N4O3/c1-10-8-20-13(9-19-10)16(24)22-21-15(23)3-2-6-25-14-5-4-11(17)7-12(14)18/h4-5,7-9H,2-3,6H2,1H3,(H,21,23)(H,22,24). The monoisotopic (exact) mass is 382 g/mol. The number of benzene rings is 1. The number of hydrogen-bond acceptors (Lipinski definition) is 5. The first kappa shape index (κ1) is 19.0. The largest absolute Gasteiger partial charge is 0.492 e. The second-order valence-corrected chi connectivity index (χ2v) is 5.92. The minimum Gasteiger partial charge on any atom is -0.492 e. The molecule has 2 rings (SSSR count). The van der Waals surface area contributed by atoms with E-state index in [0.717, 1.165) is 0 Å². The molecule has 1 aromatic carbocycles. The lowest BCUT2D eigenvalue weighted by Crippen LogP contribution is -2.42. The molecule has 2 N–H and O–H groups in total. The van der Waals surface area contributed by atoms with E-state index in [0.29, 0.717) is 34.5 Å². The van der Waals surface area contributed by atoms with E-state index in [9.17, 15) is 9.59 Å². The van der Waals surface area contributed by atoms with Crippen LogP contribution in [0.2, 0.25) is 10.0 Å². The van der Waals surface area contributed by atoms with E-state index < -0.39 is 5.91 Å². The number of ether oxygens (including phenoxy) is 1. The van der Waals surface area contributed by atoms with Crippen molar-refractivity contribution in [2.75, 3.05) is 6.61 Å². The van der Waals surface area contributed by atoms with E-state index in [-0.39, 0.29) is 18.0 Å². The number of nitrogens with one attached hydrogen (secondary N) is 2. The van der Waals surface area contributed by atoms with Crippen LogP contribution in [0.5, 0.6) is 5.75 Å². The van der Waals surface area contributed by atoms with E-state index in [1.807, 2.05) is 0 Å². The first-order valence-electron chi connectivity index (χ1n) is 7.41. The van der Waals surface area contributed by atoms with Gasteiger partial charge in [0.15, 0.2) is 0 Å². The fourth-order valence-electron chi connectivity index (χ4n) is 1.77. The Bertz CT molecular complexity index is 754. The van der Waals surface area contributed by atoms with E-state index in [1.54, 1.807) is 25.1 Å². The van der Waals surface area contributed by atoms with Gasteiger partial charge in [-0.2, -0.15) is 0 Å². The molecule has 0 radical (unpaired) electrons. The predicted molar refractivity (Wildman–Crippen MR) is 93.6 cm³/mol. The van der Waals surface area contributed by atoms with Gasteiger partial charge in [0.2, 0.25) is 5.91 Å². The number of amides is 2. The van der Waals surface area contributed by atoms with Crippen molar-refractivity contribution in [2.24, 2.45) is 0 Å². The van der Waals surface area contributed by atoms with Gasteiger partial charge in [-0.1, -0.05) is 23.2 Å². The average molecular weight is 383 g/mol. The van der Waals surface area contributed by atoms with Gasteiger partial charge >= 0.3 is 0 Å². The quantitative estimate of drug-likeness (QED) is 0.591. The summed E-state index contributed by atoms with van der Waals surface area (Å²) >= 11 is 11.8. The number of carbonyl (C=O) groups excluding carboxylic acids is 2. The van der Waals surface area contributed by atoms with Crippen LogP contribution in [0.3, 0.4) is 0 Å². The summed E-state index contributed by atoms with van der Waals surface area (Å²) in [5.41, 5.74) is 5.40. The molecular weight excluding hydrogens is 367 g/mol. The Morgan fingerprint density at radius 2 is 1.96 bits per heavy atom. The van der Waals surface area contributed by atoms with Crippen LogP contribution >= 0.6 is 23.2 Å². The summed E-state index contributed by atoms with van der Waals surface area (Å²) in [4.78, 5) is 31.3. The van der Waals surface area contributed by atoms with Crippen LogP contribution in [0.4, 0.5) is 0 Å². The molecule has 0 saturated carbocycles. The minimum atomic E-state index is -0.537. The van der Waals surface area contributed by atoms with Crippen molar-refractivity contribution < 1.29 is 14.3 Å². The molecule has 1 heterocycles. The normalized spacial score (nSPS) is 10.2. The summed E-state index contributed by atoms with van der Waals surface area (Å²) in [5.74, 6) is -0.387. The van der Waals surface area contributed by atoms with Gasteiger partial charge in [-0.15, -0.1) is 0 Å². The summed E-state index contributed by atoms with van der Waals surface area (Å²) in [7, 11) is 0. The maximum Gasteiger partial charge on any atom is 0.289 e. The zero-order chi connectivity index (χ0) is 18.2. The molecule has 0 atom stereocenters. The predicted octanol–water partition coefficient (Wildman–Crippen LogP) is 2.71. The molecule has 0 aliphatic rings. The van der Waals surface area contributed by atoms with Gasteiger partial charge < -0.3 is 4.74 Å². The molecule has 132 valence electrons.